The first-order valence-corrected chi connectivity index (χ1v) is 13.9. The minimum absolute atomic E-state index is 0.932. The molecule has 176 valence electrons. The molecule has 0 saturated carbocycles. The molecule has 0 saturated heterocycles. The molecule has 2 radical (unpaired) electrons. The fourth-order valence-corrected chi connectivity index (χ4v) is 4.21. The molecule has 0 aliphatic heterocycles. The van der Waals surface area contributed by atoms with Gasteiger partial charge >= 0.3 is 0 Å². The van der Waals surface area contributed by atoms with Crippen LogP contribution in [0, 0.1) is 31.6 Å². The van der Waals surface area contributed by atoms with Crippen LogP contribution in [0.25, 0.3) is 0 Å². The zero-order valence-corrected chi connectivity index (χ0v) is 21.0. The summed E-state index contributed by atoms with van der Waals surface area (Å²) in [7, 11) is 0. The first-order chi connectivity index (χ1) is 14.8. The molecule has 0 heterocycles. The van der Waals surface area contributed by atoms with Gasteiger partial charge in [-0.3, -0.25) is 0 Å². The van der Waals surface area contributed by atoms with E-state index in [1.807, 2.05) is 0 Å². The SMILES string of the molecule is [CH2]CCCC#CCCCCCCC(C)CCCCCCCCCCCCCCC[CH2]. The van der Waals surface area contributed by atoms with E-state index in [0.717, 1.165) is 38.0 Å². The van der Waals surface area contributed by atoms with Crippen molar-refractivity contribution in [3.05, 3.63) is 13.8 Å². The van der Waals surface area contributed by atoms with Gasteiger partial charge in [0, 0.05) is 12.8 Å². The third-order valence-corrected chi connectivity index (χ3v) is 6.37. The van der Waals surface area contributed by atoms with Gasteiger partial charge in [0.2, 0.25) is 0 Å². The highest BCUT2D eigenvalue weighted by Crippen LogP contribution is 2.19. The van der Waals surface area contributed by atoms with Crippen LogP contribution in [0.2, 0.25) is 0 Å². The maximum Gasteiger partial charge on any atom is 0.00886 e. The Morgan fingerprint density at radius 1 is 0.433 bits per heavy atom. The third-order valence-electron chi connectivity index (χ3n) is 6.37. The molecule has 0 heteroatoms. The summed E-state index contributed by atoms with van der Waals surface area (Å²) in [5, 5.41) is 0. The molecule has 0 nitrogen and oxygen atoms in total. The van der Waals surface area contributed by atoms with Crippen molar-refractivity contribution in [3.63, 3.8) is 0 Å². The second-order valence-electron chi connectivity index (χ2n) is 9.61. The Morgan fingerprint density at radius 3 is 1.20 bits per heavy atom. The van der Waals surface area contributed by atoms with E-state index in [0.29, 0.717) is 0 Å². The van der Waals surface area contributed by atoms with Gasteiger partial charge in [-0.2, -0.15) is 0 Å². The van der Waals surface area contributed by atoms with Crippen molar-refractivity contribution in [2.75, 3.05) is 0 Å². The topological polar surface area (TPSA) is 0 Å². The van der Waals surface area contributed by atoms with Gasteiger partial charge in [0.25, 0.3) is 0 Å². The van der Waals surface area contributed by atoms with E-state index in [1.165, 1.54) is 122 Å². The van der Waals surface area contributed by atoms with Gasteiger partial charge in [0.05, 0.1) is 0 Å². The van der Waals surface area contributed by atoms with Crippen LogP contribution in [0.3, 0.4) is 0 Å². The minimum Gasteiger partial charge on any atom is -0.103 e. The first-order valence-electron chi connectivity index (χ1n) is 13.9. The van der Waals surface area contributed by atoms with Gasteiger partial charge in [-0.1, -0.05) is 149 Å². The van der Waals surface area contributed by atoms with Crippen molar-refractivity contribution in [1.29, 1.82) is 0 Å². The van der Waals surface area contributed by atoms with Gasteiger partial charge in [0.1, 0.15) is 0 Å². The van der Waals surface area contributed by atoms with E-state index in [9.17, 15) is 0 Å². The molecular formula is C30H56. The summed E-state index contributed by atoms with van der Waals surface area (Å²) in [4.78, 5) is 0. The first kappa shape index (κ1) is 29.6. The van der Waals surface area contributed by atoms with Crippen LogP contribution in [-0.2, 0) is 0 Å². The fourth-order valence-electron chi connectivity index (χ4n) is 4.21. The van der Waals surface area contributed by atoms with Crippen molar-refractivity contribution in [1.82, 2.24) is 0 Å². The van der Waals surface area contributed by atoms with E-state index in [1.54, 1.807) is 0 Å². The zero-order chi connectivity index (χ0) is 22.0. The third kappa shape index (κ3) is 25.6. The van der Waals surface area contributed by atoms with E-state index in [4.69, 9.17) is 0 Å². The second kappa shape index (κ2) is 26.6. The Morgan fingerprint density at radius 2 is 0.767 bits per heavy atom. The predicted octanol–water partition coefficient (Wildman–Crippen LogP) is 10.7. The quantitative estimate of drug-likeness (QED) is 0.115. The lowest BCUT2D eigenvalue weighted by Crippen LogP contribution is -1.95. The monoisotopic (exact) mass is 416 g/mol. The van der Waals surface area contributed by atoms with Crippen LogP contribution < -0.4 is 0 Å². The molecule has 0 amide bonds. The minimum atomic E-state index is 0.932. The Labute approximate surface area is 192 Å². The summed E-state index contributed by atoms with van der Waals surface area (Å²) in [6.07, 6.45) is 32.6. The summed E-state index contributed by atoms with van der Waals surface area (Å²) < 4.78 is 0. The second-order valence-corrected chi connectivity index (χ2v) is 9.61. The summed E-state index contributed by atoms with van der Waals surface area (Å²) >= 11 is 0. The summed E-state index contributed by atoms with van der Waals surface area (Å²) in [6.45, 7) is 10.2. The lowest BCUT2D eigenvalue weighted by Gasteiger charge is -2.11. The number of unbranched alkanes of at least 4 members (excludes halogenated alkanes) is 19. The Balaban J connectivity index is 3.18. The molecule has 0 aromatic carbocycles. The molecule has 0 aromatic rings. The maximum atomic E-state index is 3.92. The highest BCUT2D eigenvalue weighted by atomic mass is 14.1. The van der Waals surface area contributed by atoms with E-state index >= 15 is 0 Å². The van der Waals surface area contributed by atoms with Crippen LogP contribution in [0.4, 0.5) is 0 Å². The molecule has 0 aliphatic carbocycles. The normalized spacial score (nSPS) is 12.0. The van der Waals surface area contributed by atoms with E-state index < -0.39 is 0 Å². The Hall–Kier alpha value is -0.440. The fraction of sp³-hybridized carbons (Fsp3) is 0.867. The molecule has 0 spiro atoms. The van der Waals surface area contributed by atoms with E-state index in [2.05, 4.69) is 32.6 Å². The summed E-state index contributed by atoms with van der Waals surface area (Å²) in [5.74, 6) is 7.51. The number of hydrogen-bond donors (Lipinski definition) is 0. The zero-order valence-electron chi connectivity index (χ0n) is 21.0. The average Bonchev–Trinajstić information content (AvgIpc) is 2.75. The molecule has 30 heavy (non-hydrogen) atoms. The van der Waals surface area contributed by atoms with Crippen LogP contribution >= 0.6 is 0 Å². The number of hydrogen-bond acceptors (Lipinski definition) is 0. The van der Waals surface area contributed by atoms with Gasteiger partial charge in [0.15, 0.2) is 0 Å². The standard InChI is InChI=1S/C30H56/c1-4-6-8-10-12-14-16-17-18-19-21-23-25-27-29-30(3)28-26-24-22-20-15-13-11-9-7-5-2/h30H,1-2,4-10,12,14-29H2,3H3. The summed E-state index contributed by atoms with van der Waals surface area (Å²) in [5.41, 5.74) is 0. The maximum absolute atomic E-state index is 3.92. The van der Waals surface area contributed by atoms with Crippen molar-refractivity contribution < 1.29 is 0 Å². The smallest absolute Gasteiger partial charge is 0.00886 e. The van der Waals surface area contributed by atoms with Crippen molar-refractivity contribution >= 4 is 0 Å². The average molecular weight is 417 g/mol. The van der Waals surface area contributed by atoms with E-state index in [-0.39, 0.29) is 0 Å². The largest absolute Gasteiger partial charge is 0.103 e. The van der Waals surface area contributed by atoms with Crippen molar-refractivity contribution in [3.8, 4) is 11.8 Å². The molecular weight excluding hydrogens is 360 g/mol. The molecule has 0 aliphatic rings. The Kier molecular flexibility index (Phi) is 26.2. The van der Waals surface area contributed by atoms with Crippen LogP contribution in [0.5, 0.6) is 0 Å². The lowest BCUT2D eigenvalue weighted by atomic mass is 9.96. The highest BCUT2D eigenvalue weighted by Gasteiger charge is 2.02. The number of rotatable bonds is 23. The molecule has 1 atom stereocenters. The lowest BCUT2D eigenvalue weighted by molar-refractivity contribution is 0.432. The van der Waals surface area contributed by atoms with Crippen LogP contribution in [-0.4, -0.2) is 0 Å². The van der Waals surface area contributed by atoms with Crippen LogP contribution in [0.1, 0.15) is 161 Å². The van der Waals surface area contributed by atoms with Gasteiger partial charge in [-0.25, -0.2) is 0 Å². The molecule has 0 bridgehead atoms. The summed E-state index contributed by atoms with van der Waals surface area (Å²) in [6, 6.07) is 0. The Bertz CT molecular complexity index is 358. The molecule has 0 aromatic heterocycles. The van der Waals surface area contributed by atoms with Gasteiger partial charge in [-0.05, 0) is 18.8 Å². The van der Waals surface area contributed by atoms with Crippen LogP contribution in [0.15, 0.2) is 0 Å². The molecule has 1 unspecified atom stereocenters. The van der Waals surface area contributed by atoms with Crippen molar-refractivity contribution in [2.45, 2.75) is 161 Å². The molecule has 0 N–H and O–H groups in total. The van der Waals surface area contributed by atoms with Gasteiger partial charge < -0.3 is 0 Å². The molecule has 0 rings (SSSR count). The highest BCUT2D eigenvalue weighted by molar-refractivity contribution is 4.98. The molecule has 0 fully saturated rings. The van der Waals surface area contributed by atoms with Crippen molar-refractivity contribution in [2.24, 2.45) is 5.92 Å². The predicted molar refractivity (Wildman–Crippen MR) is 138 cm³/mol. The van der Waals surface area contributed by atoms with Gasteiger partial charge in [-0.15, -0.1) is 11.8 Å².